The second kappa shape index (κ2) is 4.01. The van der Waals surface area contributed by atoms with Gasteiger partial charge in [0, 0.05) is 15.2 Å². The van der Waals surface area contributed by atoms with Gasteiger partial charge in [0.15, 0.2) is 6.29 Å². The minimum Gasteiger partial charge on any atom is -0.298 e. The number of rotatable bonds is 2. The van der Waals surface area contributed by atoms with Crippen molar-refractivity contribution in [3.63, 3.8) is 0 Å². The SMILES string of the molecule is O=Cc1cc(I)cc([N+](=O)[O-])c1Cl. The largest absolute Gasteiger partial charge is 0.298 e. The summed E-state index contributed by atoms with van der Waals surface area (Å²) < 4.78 is 0.607. The van der Waals surface area contributed by atoms with Crippen molar-refractivity contribution in [3.05, 3.63) is 36.4 Å². The Morgan fingerprint density at radius 2 is 2.15 bits per heavy atom. The van der Waals surface area contributed by atoms with Gasteiger partial charge in [-0.05, 0) is 28.7 Å². The Morgan fingerprint density at radius 1 is 1.54 bits per heavy atom. The van der Waals surface area contributed by atoms with Crippen LogP contribution in [0.5, 0.6) is 0 Å². The first-order valence-electron chi connectivity index (χ1n) is 3.15. The van der Waals surface area contributed by atoms with Gasteiger partial charge < -0.3 is 0 Å². The Labute approximate surface area is 92.2 Å². The highest BCUT2D eigenvalue weighted by atomic mass is 127. The van der Waals surface area contributed by atoms with Crippen LogP contribution in [0, 0.1) is 13.7 Å². The number of carbonyl (C=O) groups excluding carboxylic acids is 1. The summed E-state index contributed by atoms with van der Waals surface area (Å²) >= 11 is 7.48. The number of hydrogen-bond donors (Lipinski definition) is 0. The molecule has 0 aliphatic carbocycles. The molecular weight excluding hydrogens is 308 g/mol. The Bertz CT molecular complexity index is 380. The summed E-state index contributed by atoms with van der Waals surface area (Å²) in [5, 5.41) is 10.3. The van der Waals surface area contributed by atoms with Crippen LogP contribution < -0.4 is 0 Å². The molecule has 4 nitrogen and oxygen atoms in total. The minimum atomic E-state index is -0.614. The number of nitro benzene ring substituents is 1. The number of aldehydes is 1. The van der Waals surface area contributed by atoms with Crippen molar-refractivity contribution in [1.82, 2.24) is 0 Å². The third-order valence-corrected chi connectivity index (χ3v) is 2.40. The lowest BCUT2D eigenvalue weighted by Crippen LogP contribution is -1.93. The molecule has 0 radical (unpaired) electrons. The summed E-state index contributed by atoms with van der Waals surface area (Å²) in [5.74, 6) is 0. The standard InChI is InChI=1S/C7H3ClINO3/c8-7-4(3-11)1-5(9)2-6(7)10(12)13/h1-3H. The molecule has 0 aliphatic heterocycles. The molecule has 0 bridgehead atoms. The molecule has 0 heterocycles. The van der Waals surface area contributed by atoms with Crippen LogP contribution in [-0.4, -0.2) is 11.2 Å². The first kappa shape index (κ1) is 10.4. The Hall–Kier alpha value is -0.690. The Morgan fingerprint density at radius 3 is 2.62 bits per heavy atom. The second-order valence-electron chi connectivity index (χ2n) is 2.20. The number of nitro groups is 1. The number of hydrogen-bond acceptors (Lipinski definition) is 3. The van der Waals surface area contributed by atoms with E-state index in [1.165, 1.54) is 12.1 Å². The fourth-order valence-corrected chi connectivity index (χ4v) is 1.67. The lowest BCUT2D eigenvalue weighted by molar-refractivity contribution is -0.384. The molecule has 0 N–H and O–H groups in total. The van der Waals surface area contributed by atoms with Gasteiger partial charge in [-0.15, -0.1) is 0 Å². The number of nitrogens with zero attached hydrogens (tertiary/aromatic N) is 1. The molecule has 0 aromatic heterocycles. The summed E-state index contributed by atoms with van der Waals surface area (Å²) in [4.78, 5) is 20.3. The van der Waals surface area contributed by atoms with Crippen LogP contribution in [-0.2, 0) is 0 Å². The number of carbonyl (C=O) groups is 1. The predicted molar refractivity (Wildman–Crippen MR) is 56.2 cm³/mol. The van der Waals surface area contributed by atoms with Crippen molar-refractivity contribution in [2.45, 2.75) is 0 Å². The highest BCUT2D eigenvalue weighted by molar-refractivity contribution is 14.1. The summed E-state index contributed by atoms with van der Waals surface area (Å²) in [7, 11) is 0. The monoisotopic (exact) mass is 311 g/mol. The molecular formula is C7H3ClINO3. The van der Waals surface area contributed by atoms with E-state index in [1.54, 1.807) is 0 Å². The predicted octanol–water partition coefficient (Wildman–Crippen LogP) is 2.67. The molecule has 68 valence electrons. The van der Waals surface area contributed by atoms with Crippen LogP contribution in [0.3, 0.4) is 0 Å². The summed E-state index contributed by atoms with van der Waals surface area (Å²) in [5.41, 5.74) is -0.101. The van der Waals surface area contributed by atoms with Crippen LogP contribution in [0.2, 0.25) is 5.02 Å². The van der Waals surface area contributed by atoms with Crippen LogP contribution in [0.25, 0.3) is 0 Å². The first-order valence-corrected chi connectivity index (χ1v) is 4.60. The van der Waals surface area contributed by atoms with Gasteiger partial charge in [0.1, 0.15) is 5.02 Å². The number of benzene rings is 1. The van der Waals surface area contributed by atoms with E-state index in [4.69, 9.17) is 11.6 Å². The topological polar surface area (TPSA) is 60.2 Å². The quantitative estimate of drug-likeness (QED) is 0.365. The van der Waals surface area contributed by atoms with Crippen molar-refractivity contribution < 1.29 is 9.72 Å². The zero-order valence-electron chi connectivity index (χ0n) is 6.16. The molecule has 0 atom stereocenters. The van der Waals surface area contributed by atoms with Gasteiger partial charge >= 0.3 is 0 Å². The van der Waals surface area contributed by atoms with Gasteiger partial charge in [-0.25, -0.2) is 0 Å². The van der Waals surface area contributed by atoms with E-state index in [1.807, 2.05) is 22.6 Å². The van der Waals surface area contributed by atoms with Crippen LogP contribution >= 0.6 is 34.2 Å². The number of halogens is 2. The van der Waals surface area contributed by atoms with Crippen molar-refractivity contribution in [3.8, 4) is 0 Å². The molecule has 0 amide bonds. The van der Waals surface area contributed by atoms with Crippen LogP contribution in [0.15, 0.2) is 12.1 Å². The molecule has 13 heavy (non-hydrogen) atoms. The summed E-state index contributed by atoms with van der Waals surface area (Å²) in [6.07, 6.45) is 0.498. The average Bonchev–Trinajstić information content (AvgIpc) is 2.08. The van der Waals surface area contributed by atoms with E-state index in [0.29, 0.717) is 9.86 Å². The third-order valence-electron chi connectivity index (χ3n) is 1.37. The van der Waals surface area contributed by atoms with Gasteiger partial charge in [0.25, 0.3) is 5.69 Å². The zero-order chi connectivity index (χ0) is 10.0. The highest BCUT2D eigenvalue weighted by Crippen LogP contribution is 2.29. The highest BCUT2D eigenvalue weighted by Gasteiger charge is 2.16. The lowest BCUT2D eigenvalue weighted by Gasteiger charge is -1.98. The van der Waals surface area contributed by atoms with Crippen molar-refractivity contribution in [2.75, 3.05) is 0 Å². The van der Waals surface area contributed by atoms with E-state index in [-0.39, 0.29) is 16.3 Å². The summed E-state index contributed by atoms with van der Waals surface area (Å²) in [6.45, 7) is 0. The van der Waals surface area contributed by atoms with E-state index in [0.717, 1.165) is 0 Å². The van der Waals surface area contributed by atoms with Crippen molar-refractivity contribution in [1.29, 1.82) is 0 Å². The molecule has 1 rings (SSSR count). The van der Waals surface area contributed by atoms with Gasteiger partial charge in [0.05, 0.1) is 4.92 Å². The zero-order valence-corrected chi connectivity index (χ0v) is 9.07. The maximum absolute atomic E-state index is 10.4. The lowest BCUT2D eigenvalue weighted by atomic mass is 10.2. The maximum atomic E-state index is 10.4. The van der Waals surface area contributed by atoms with E-state index < -0.39 is 4.92 Å². The molecule has 0 unspecified atom stereocenters. The molecule has 0 saturated heterocycles. The van der Waals surface area contributed by atoms with Gasteiger partial charge in [-0.3, -0.25) is 14.9 Å². The Balaban J connectivity index is 3.44. The molecule has 0 saturated carbocycles. The molecule has 0 fully saturated rings. The van der Waals surface area contributed by atoms with Gasteiger partial charge in [0.2, 0.25) is 0 Å². The van der Waals surface area contributed by atoms with Crippen molar-refractivity contribution in [2.24, 2.45) is 0 Å². The Kier molecular flexibility index (Phi) is 3.21. The maximum Gasteiger partial charge on any atom is 0.289 e. The average molecular weight is 311 g/mol. The second-order valence-corrected chi connectivity index (χ2v) is 3.83. The molecule has 1 aromatic rings. The van der Waals surface area contributed by atoms with Gasteiger partial charge in [-0.1, -0.05) is 11.6 Å². The fraction of sp³-hybridized carbons (Fsp3) is 0. The van der Waals surface area contributed by atoms with E-state index in [2.05, 4.69) is 0 Å². The van der Waals surface area contributed by atoms with Crippen LogP contribution in [0.4, 0.5) is 5.69 Å². The molecule has 0 spiro atoms. The summed E-state index contributed by atoms with van der Waals surface area (Å²) in [6, 6.07) is 2.80. The van der Waals surface area contributed by atoms with E-state index in [9.17, 15) is 14.9 Å². The molecule has 1 aromatic carbocycles. The first-order chi connectivity index (χ1) is 6.06. The molecule has 6 heteroatoms. The fourth-order valence-electron chi connectivity index (χ4n) is 0.814. The smallest absolute Gasteiger partial charge is 0.289 e. The van der Waals surface area contributed by atoms with Gasteiger partial charge in [-0.2, -0.15) is 0 Å². The minimum absolute atomic E-state index is 0.111. The van der Waals surface area contributed by atoms with E-state index >= 15 is 0 Å². The van der Waals surface area contributed by atoms with Crippen LogP contribution in [0.1, 0.15) is 10.4 Å². The van der Waals surface area contributed by atoms with Crippen molar-refractivity contribution >= 4 is 46.2 Å². The molecule has 0 aliphatic rings. The normalized spacial score (nSPS) is 9.69. The third kappa shape index (κ3) is 2.16.